The maximum atomic E-state index is 13.6. The average Bonchev–Trinajstić information content (AvgIpc) is 2.41. The first-order valence-corrected chi connectivity index (χ1v) is 5.73. The van der Waals surface area contributed by atoms with E-state index in [-0.39, 0.29) is 16.8 Å². The number of aromatic carboxylic acids is 1. The highest BCUT2D eigenvalue weighted by Crippen LogP contribution is 2.17. The minimum absolute atomic E-state index is 0.107. The summed E-state index contributed by atoms with van der Waals surface area (Å²) in [6, 6.07) is 4.79. The number of nitrogens with one attached hydrogen (secondary N) is 1. The van der Waals surface area contributed by atoms with Crippen LogP contribution in [-0.4, -0.2) is 22.0 Å². The molecule has 0 fully saturated rings. The van der Waals surface area contributed by atoms with Gasteiger partial charge in [-0.1, -0.05) is 0 Å². The smallest absolute Gasteiger partial charge is 0.335 e. The molecule has 0 saturated carbocycles. The van der Waals surface area contributed by atoms with Crippen LogP contribution in [0.5, 0.6) is 0 Å². The Hall–Kier alpha value is -2.76. The summed E-state index contributed by atoms with van der Waals surface area (Å²) >= 11 is 0. The SMILES string of the molecule is Cc1cncc(C(=O)Nc2cc(C(=O)O)ccc2F)c1. The molecule has 0 saturated heterocycles. The summed E-state index contributed by atoms with van der Waals surface area (Å²) in [6.45, 7) is 1.77. The molecule has 102 valence electrons. The fourth-order valence-electron chi connectivity index (χ4n) is 1.63. The summed E-state index contributed by atoms with van der Waals surface area (Å²) in [4.78, 5) is 26.6. The van der Waals surface area contributed by atoms with Gasteiger partial charge in [-0.3, -0.25) is 9.78 Å². The second-order valence-corrected chi connectivity index (χ2v) is 4.20. The maximum Gasteiger partial charge on any atom is 0.335 e. The second-order valence-electron chi connectivity index (χ2n) is 4.20. The number of carboxylic acid groups (broad SMARTS) is 1. The van der Waals surface area contributed by atoms with E-state index >= 15 is 0 Å². The highest BCUT2D eigenvalue weighted by Gasteiger charge is 2.12. The lowest BCUT2D eigenvalue weighted by atomic mass is 10.1. The summed E-state index contributed by atoms with van der Waals surface area (Å²) in [5.74, 6) is -2.45. The van der Waals surface area contributed by atoms with Gasteiger partial charge in [0.2, 0.25) is 0 Å². The summed E-state index contributed by atoms with van der Waals surface area (Å²) in [5.41, 5.74) is 0.767. The van der Waals surface area contributed by atoms with Crippen molar-refractivity contribution >= 4 is 17.6 Å². The van der Waals surface area contributed by atoms with Crippen LogP contribution in [0.2, 0.25) is 0 Å². The number of aromatic nitrogens is 1. The molecule has 1 aromatic carbocycles. The first kappa shape index (κ1) is 13.7. The van der Waals surface area contributed by atoms with Crippen LogP contribution in [0.4, 0.5) is 10.1 Å². The molecule has 1 amide bonds. The number of rotatable bonds is 3. The first-order chi connectivity index (χ1) is 9.47. The number of halogens is 1. The third-order valence-corrected chi connectivity index (χ3v) is 2.60. The van der Waals surface area contributed by atoms with Crippen LogP contribution in [-0.2, 0) is 0 Å². The lowest BCUT2D eigenvalue weighted by Gasteiger charge is -2.07. The van der Waals surface area contributed by atoms with Crippen LogP contribution < -0.4 is 5.32 Å². The van der Waals surface area contributed by atoms with Gasteiger partial charge in [-0.15, -0.1) is 0 Å². The summed E-state index contributed by atoms with van der Waals surface area (Å²) in [6.07, 6.45) is 2.93. The number of carboxylic acids is 1. The molecule has 0 spiro atoms. The molecule has 2 aromatic rings. The molecule has 5 nitrogen and oxygen atoms in total. The maximum absolute atomic E-state index is 13.6. The molecular weight excluding hydrogens is 263 g/mol. The molecule has 1 aromatic heterocycles. The number of benzene rings is 1. The van der Waals surface area contributed by atoms with Crippen molar-refractivity contribution < 1.29 is 19.1 Å². The van der Waals surface area contributed by atoms with Crippen LogP contribution in [0.25, 0.3) is 0 Å². The predicted octanol–water partition coefficient (Wildman–Crippen LogP) is 2.48. The zero-order chi connectivity index (χ0) is 14.7. The molecule has 2 rings (SSSR count). The summed E-state index contributed by atoms with van der Waals surface area (Å²) < 4.78 is 13.6. The van der Waals surface area contributed by atoms with Crippen molar-refractivity contribution in [3.05, 3.63) is 59.2 Å². The zero-order valence-corrected chi connectivity index (χ0v) is 10.6. The van der Waals surface area contributed by atoms with E-state index in [0.29, 0.717) is 0 Å². The van der Waals surface area contributed by atoms with E-state index in [1.54, 1.807) is 19.2 Å². The molecule has 0 bridgehead atoms. The van der Waals surface area contributed by atoms with E-state index in [1.165, 1.54) is 6.20 Å². The molecule has 20 heavy (non-hydrogen) atoms. The number of amides is 1. The minimum atomic E-state index is -1.20. The Balaban J connectivity index is 2.27. The topological polar surface area (TPSA) is 79.3 Å². The van der Waals surface area contributed by atoms with Gasteiger partial charge in [0.1, 0.15) is 5.82 Å². The lowest BCUT2D eigenvalue weighted by molar-refractivity contribution is 0.0696. The Morgan fingerprint density at radius 2 is 1.95 bits per heavy atom. The molecule has 0 radical (unpaired) electrons. The molecule has 2 N–H and O–H groups in total. The number of pyridine rings is 1. The number of aryl methyl sites for hydroxylation is 1. The monoisotopic (exact) mass is 274 g/mol. The number of hydrogen-bond donors (Lipinski definition) is 2. The Labute approximate surface area is 114 Å². The third-order valence-electron chi connectivity index (χ3n) is 2.60. The van der Waals surface area contributed by atoms with E-state index in [4.69, 9.17) is 5.11 Å². The van der Waals surface area contributed by atoms with Gasteiger partial charge >= 0.3 is 5.97 Å². The lowest BCUT2D eigenvalue weighted by Crippen LogP contribution is -2.14. The normalized spacial score (nSPS) is 10.1. The Morgan fingerprint density at radius 3 is 2.60 bits per heavy atom. The highest BCUT2D eigenvalue weighted by atomic mass is 19.1. The van der Waals surface area contributed by atoms with Gasteiger partial charge in [0.25, 0.3) is 5.91 Å². The van der Waals surface area contributed by atoms with E-state index in [9.17, 15) is 14.0 Å². The summed E-state index contributed by atoms with van der Waals surface area (Å²) in [7, 11) is 0. The molecule has 0 aliphatic rings. The molecule has 0 atom stereocenters. The zero-order valence-electron chi connectivity index (χ0n) is 10.6. The van der Waals surface area contributed by atoms with E-state index in [0.717, 1.165) is 23.8 Å². The fraction of sp³-hybridized carbons (Fsp3) is 0.0714. The number of nitrogens with zero attached hydrogens (tertiary/aromatic N) is 1. The largest absolute Gasteiger partial charge is 0.478 e. The molecule has 0 unspecified atom stereocenters. The molecule has 1 heterocycles. The summed E-state index contributed by atoms with van der Waals surface area (Å²) in [5, 5.41) is 11.2. The van der Waals surface area contributed by atoms with Crippen LogP contribution in [0, 0.1) is 12.7 Å². The van der Waals surface area contributed by atoms with Gasteiger partial charge in [-0.2, -0.15) is 0 Å². The number of carbonyl (C=O) groups is 2. The van der Waals surface area contributed by atoms with Gasteiger partial charge < -0.3 is 10.4 Å². The van der Waals surface area contributed by atoms with Gasteiger partial charge in [-0.05, 0) is 36.8 Å². The van der Waals surface area contributed by atoms with Crippen molar-refractivity contribution in [2.24, 2.45) is 0 Å². The second kappa shape index (κ2) is 5.48. The van der Waals surface area contributed by atoms with Crippen LogP contribution in [0.3, 0.4) is 0 Å². The highest BCUT2D eigenvalue weighted by molar-refractivity contribution is 6.04. The van der Waals surface area contributed by atoms with Gasteiger partial charge in [0.05, 0.1) is 16.8 Å². The standard InChI is InChI=1S/C14H11FN2O3/c1-8-4-10(7-16-6-8)13(18)17-12-5-9(14(19)20)2-3-11(12)15/h2-7H,1H3,(H,17,18)(H,19,20). The number of carbonyl (C=O) groups excluding carboxylic acids is 1. The molecular formula is C14H11FN2O3. The van der Waals surface area contributed by atoms with Crippen LogP contribution in [0.15, 0.2) is 36.7 Å². The van der Waals surface area contributed by atoms with E-state index in [2.05, 4.69) is 10.3 Å². The minimum Gasteiger partial charge on any atom is -0.478 e. The van der Waals surface area contributed by atoms with Crippen molar-refractivity contribution in [2.75, 3.05) is 5.32 Å². The van der Waals surface area contributed by atoms with Crippen molar-refractivity contribution in [1.82, 2.24) is 4.98 Å². The van der Waals surface area contributed by atoms with Crippen LogP contribution in [0.1, 0.15) is 26.3 Å². The fourth-order valence-corrected chi connectivity index (χ4v) is 1.63. The third kappa shape index (κ3) is 2.97. The van der Waals surface area contributed by atoms with Gasteiger partial charge in [0.15, 0.2) is 0 Å². The first-order valence-electron chi connectivity index (χ1n) is 5.73. The Kier molecular flexibility index (Phi) is 3.74. The Morgan fingerprint density at radius 1 is 1.20 bits per heavy atom. The van der Waals surface area contributed by atoms with E-state index in [1.807, 2.05) is 0 Å². The molecule has 6 heteroatoms. The van der Waals surface area contributed by atoms with Gasteiger partial charge in [0, 0.05) is 12.4 Å². The molecule has 0 aliphatic heterocycles. The molecule has 0 aliphatic carbocycles. The predicted molar refractivity (Wildman–Crippen MR) is 70.3 cm³/mol. The van der Waals surface area contributed by atoms with E-state index < -0.39 is 17.7 Å². The van der Waals surface area contributed by atoms with Crippen molar-refractivity contribution in [3.8, 4) is 0 Å². The van der Waals surface area contributed by atoms with Gasteiger partial charge in [-0.25, -0.2) is 9.18 Å². The Bertz CT molecular complexity index is 686. The number of hydrogen-bond acceptors (Lipinski definition) is 3. The van der Waals surface area contributed by atoms with Crippen molar-refractivity contribution in [1.29, 1.82) is 0 Å². The number of anilines is 1. The average molecular weight is 274 g/mol. The van der Waals surface area contributed by atoms with Crippen molar-refractivity contribution in [2.45, 2.75) is 6.92 Å². The van der Waals surface area contributed by atoms with Crippen LogP contribution >= 0.6 is 0 Å². The van der Waals surface area contributed by atoms with Crippen molar-refractivity contribution in [3.63, 3.8) is 0 Å². The quantitative estimate of drug-likeness (QED) is 0.901.